The summed E-state index contributed by atoms with van der Waals surface area (Å²) in [4.78, 5) is 11.4. The van der Waals surface area contributed by atoms with Crippen LogP contribution in [0.25, 0.3) is 0 Å². The van der Waals surface area contributed by atoms with Gasteiger partial charge in [-0.1, -0.05) is 0 Å². The van der Waals surface area contributed by atoms with Crippen LogP contribution < -0.4 is 4.74 Å². The third kappa shape index (κ3) is 2.39. The standard InChI is InChI=1S/C13H13NO3/c1-2-16-13(15)6-10-8-17-12-4-3-9(7-14)5-11(10)12/h3-5,10H,2,6,8H2,1H3. The molecule has 0 amide bonds. The van der Waals surface area contributed by atoms with Gasteiger partial charge in [-0.3, -0.25) is 4.79 Å². The first kappa shape index (κ1) is 11.5. The lowest BCUT2D eigenvalue weighted by molar-refractivity contribution is -0.143. The summed E-state index contributed by atoms with van der Waals surface area (Å²) in [6.45, 7) is 2.64. The minimum Gasteiger partial charge on any atom is -0.493 e. The molecule has 0 fully saturated rings. The van der Waals surface area contributed by atoms with Gasteiger partial charge in [-0.15, -0.1) is 0 Å². The van der Waals surface area contributed by atoms with E-state index >= 15 is 0 Å². The average Bonchev–Trinajstić information content (AvgIpc) is 2.72. The zero-order chi connectivity index (χ0) is 12.3. The molecule has 4 nitrogen and oxygen atoms in total. The van der Waals surface area contributed by atoms with E-state index < -0.39 is 0 Å². The Labute approximate surface area is 99.8 Å². The summed E-state index contributed by atoms with van der Waals surface area (Å²) >= 11 is 0. The van der Waals surface area contributed by atoms with Crippen molar-refractivity contribution in [3.8, 4) is 11.8 Å². The Morgan fingerprint density at radius 1 is 1.65 bits per heavy atom. The Bertz CT molecular complexity index is 476. The fourth-order valence-corrected chi connectivity index (χ4v) is 1.94. The zero-order valence-corrected chi connectivity index (χ0v) is 9.60. The van der Waals surface area contributed by atoms with Crippen molar-refractivity contribution >= 4 is 5.97 Å². The van der Waals surface area contributed by atoms with Crippen LogP contribution in [-0.4, -0.2) is 19.2 Å². The van der Waals surface area contributed by atoms with Gasteiger partial charge in [-0.2, -0.15) is 5.26 Å². The number of benzene rings is 1. The molecule has 1 heterocycles. The van der Waals surface area contributed by atoms with Crippen LogP contribution in [0.5, 0.6) is 5.75 Å². The molecule has 0 saturated heterocycles. The molecule has 0 aliphatic carbocycles. The van der Waals surface area contributed by atoms with Gasteiger partial charge in [-0.05, 0) is 25.1 Å². The Kier molecular flexibility index (Phi) is 3.29. The summed E-state index contributed by atoms with van der Waals surface area (Å²) in [6, 6.07) is 7.36. The van der Waals surface area contributed by atoms with E-state index in [-0.39, 0.29) is 11.9 Å². The zero-order valence-electron chi connectivity index (χ0n) is 9.60. The molecule has 1 atom stereocenters. The van der Waals surface area contributed by atoms with Gasteiger partial charge in [0.05, 0.1) is 31.3 Å². The molecule has 0 bridgehead atoms. The first-order valence-electron chi connectivity index (χ1n) is 5.57. The summed E-state index contributed by atoms with van der Waals surface area (Å²) < 4.78 is 10.4. The van der Waals surface area contributed by atoms with Gasteiger partial charge in [0.1, 0.15) is 5.75 Å². The Balaban J connectivity index is 2.15. The number of esters is 1. The molecule has 0 spiro atoms. The molecule has 88 valence electrons. The van der Waals surface area contributed by atoms with E-state index in [9.17, 15) is 4.79 Å². The van der Waals surface area contributed by atoms with Gasteiger partial charge in [0.2, 0.25) is 0 Å². The Morgan fingerprint density at radius 2 is 2.47 bits per heavy atom. The Morgan fingerprint density at radius 3 is 3.18 bits per heavy atom. The van der Waals surface area contributed by atoms with Crippen molar-refractivity contribution < 1.29 is 14.3 Å². The van der Waals surface area contributed by atoms with Crippen molar-refractivity contribution in [1.29, 1.82) is 5.26 Å². The van der Waals surface area contributed by atoms with Crippen molar-refractivity contribution in [3.05, 3.63) is 29.3 Å². The maximum atomic E-state index is 11.4. The second-order valence-corrected chi connectivity index (χ2v) is 3.88. The van der Waals surface area contributed by atoms with Crippen LogP contribution >= 0.6 is 0 Å². The van der Waals surface area contributed by atoms with Crippen LogP contribution in [0.3, 0.4) is 0 Å². The van der Waals surface area contributed by atoms with E-state index in [1.807, 2.05) is 0 Å². The average molecular weight is 231 g/mol. The molecule has 1 aromatic carbocycles. The number of fused-ring (bicyclic) bond motifs is 1. The van der Waals surface area contributed by atoms with Gasteiger partial charge in [0.15, 0.2) is 0 Å². The molecular formula is C13H13NO3. The molecule has 0 radical (unpaired) electrons. The number of carbonyl (C=O) groups excluding carboxylic acids is 1. The van der Waals surface area contributed by atoms with E-state index in [0.717, 1.165) is 11.3 Å². The summed E-state index contributed by atoms with van der Waals surface area (Å²) in [5, 5.41) is 8.84. The minimum absolute atomic E-state index is 0.00245. The Hall–Kier alpha value is -2.02. The maximum absolute atomic E-state index is 11.4. The second kappa shape index (κ2) is 4.88. The van der Waals surface area contributed by atoms with Gasteiger partial charge >= 0.3 is 5.97 Å². The van der Waals surface area contributed by atoms with Crippen molar-refractivity contribution in [2.45, 2.75) is 19.3 Å². The highest BCUT2D eigenvalue weighted by Crippen LogP contribution is 2.36. The van der Waals surface area contributed by atoms with E-state index in [2.05, 4.69) is 6.07 Å². The van der Waals surface area contributed by atoms with Crippen molar-refractivity contribution in [1.82, 2.24) is 0 Å². The highest BCUT2D eigenvalue weighted by molar-refractivity contribution is 5.71. The van der Waals surface area contributed by atoms with Crippen molar-refractivity contribution in [2.24, 2.45) is 0 Å². The molecule has 4 heteroatoms. The van der Waals surface area contributed by atoms with Crippen LogP contribution in [0.2, 0.25) is 0 Å². The third-order valence-corrected chi connectivity index (χ3v) is 2.74. The number of rotatable bonds is 3. The van der Waals surface area contributed by atoms with Crippen molar-refractivity contribution in [2.75, 3.05) is 13.2 Å². The molecule has 1 aliphatic heterocycles. The smallest absolute Gasteiger partial charge is 0.306 e. The molecule has 2 rings (SSSR count). The number of nitrogens with zero attached hydrogens (tertiary/aromatic N) is 1. The lowest BCUT2D eigenvalue weighted by Gasteiger charge is -2.07. The highest BCUT2D eigenvalue weighted by Gasteiger charge is 2.27. The molecule has 1 aromatic rings. The normalized spacial score (nSPS) is 16.8. The van der Waals surface area contributed by atoms with Crippen LogP contribution in [0.4, 0.5) is 0 Å². The lowest BCUT2D eigenvalue weighted by atomic mass is 9.96. The summed E-state index contributed by atoms with van der Waals surface area (Å²) in [6.07, 6.45) is 0.301. The quantitative estimate of drug-likeness (QED) is 0.746. The van der Waals surface area contributed by atoms with E-state index in [0.29, 0.717) is 25.2 Å². The van der Waals surface area contributed by atoms with Crippen molar-refractivity contribution in [3.63, 3.8) is 0 Å². The number of hydrogen-bond donors (Lipinski definition) is 0. The largest absolute Gasteiger partial charge is 0.493 e. The highest BCUT2D eigenvalue weighted by atomic mass is 16.5. The summed E-state index contributed by atoms with van der Waals surface area (Å²) in [5.41, 5.74) is 1.51. The fourth-order valence-electron chi connectivity index (χ4n) is 1.94. The van der Waals surface area contributed by atoms with E-state index in [4.69, 9.17) is 14.7 Å². The summed E-state index contributed by atoms with van der Waals surface area (Å²) in [7, 11) is 0. The van der Waals surface area contributed by atoms with Gasteiger partial charge in [-0.25, -0.2) is 0 Å². The first-order valence-corrected chi connectivity index (χ1v) is 5.57. The second-order valence-electron chi connectivity index (χ2n) is 3.88. The van der Waals surface area contributed by atoms with Gasteiger partial charge in [0.25, 0.3) is 0 Å². The monoisotopic (exact) mass is 231 g/mol. The fraction of sp³-hybridized carbons (Fsp3) is 0.385. The van der Waals surface area contributed by atoms with Gasteiger partial charge < -0.3 is 9.47 Å². The molecule has 0 N–H and O–H groups in total. The topological polar surface area (TPSA) is 59.3 Å². The van der Waals surface area contributed by atoms with Crippen LogP contribution in [0.1, 0.15) is 30.4 Å². The molecule has 1 aliphatic rings. The number of carbonyl (C=O) groups is 1. The van der Waals surface area contributed by atoms with Gasteiger partial charge in [0, 0.05) is 11.5 Å². The van der Waals surface area contributed by atoms with Crippen LogP contribution in [0, 0.1) is 11.3 Å². The van der Waals surface area contributed by atoms with E-state index in [1.165, 1.54) is 0 Å². The molecule has 0 saturated carbocycles. The first-order chi connectivity index (χ1) is 8.24. The predicted octanol–water partition coefficient (Wildman–Crippen LogP) is 1.99. The predicted molar refractivity (Wildman–Crippen MR) is 60.6 cm³/mol. The summed E-state index contributed by atoms with van der Waals surface area (Å²) in [5.74, 6) is 0.534. The molecule has 1 unspecified atom stereocenters. The minimum atomic E-state index is -0.226. The molecular weight excluding hydrogens is 218 g/mol. The third-order valence-electron chi connectivity index (χ3n) is 2.74. The molecule has 17 heavy (non-hydrogen) atoms. The van der Waals surface area contributed by atoms with Crippen LogP contribution in [-0.2, 0) is 9.53 Å². The number of nitriles is 1. The van der Waals surface area contributed by atoms with Crippen LogP contribution in [0.15, 0.2) is 18.2 Å². The number of hydrogen-bond acceptors (Lipinski definition) is 4. The lowest BCUT2D eigenvalue weighted by Crippen LogP contribution is -2.11. The number of ether oxygens (including phenoxy) is 2. The van der Waals surface area contributed by atoms with E-state index in [1.54, 1.807) is 25.1 Å². The maximum Gasteiger partial charge on any atom is 0.306 e. The SMILES string of the molecule is CCOC(=O)CC1COc2ccc(C#N)cc21. The molecule has 0 aromatic heterocycles.